The Morgan fingerprint density at radius 2 is 2.00 bits per heavy atom. The van der Waals surface area contributed by atoms with E-state index in [1.54, 1.807) is 18.2 Å². The number of carbonyl (C=O) groups is 1. The summed E-state index contributed by atoms with van der Waals surface area (Å²) in [4.78, 5) is 24.2. The van der Waals surface area contributed by atoms with Crippen LogP contribution in [0.4, 0.5) is 0 Å². The van der Waals surface area contributed by atoms with Gasteiger partial charge in [-0.05, 0) is 17.5 Å². The molecule has 2 rings (SSSR count). The first-order valence-corrected chi connectivity index (χ1v) is 3.88. The molecule has 64 valence electrons. The molecule has 0 fully saturated rings. The van der Waals surface area contributed by atoms with E-state index in [0.717, 1.165) is 11.7 Å². The summed E-state index contributed by atoms with van der Waals surface area (Å²) in [6.07, 6.45) is 0.734. The van der Waals surface area contributed by atoms with Gasteiger partial charge in [-0.25, -0.2) is 0 Å². The molecule has 3 nitrogen and oxygen atoms in total. The molecule has 0 aliphatic carbocycles. The van der Waals surface area contributed by atoms with Crippen molar-refractivity contribution in [2.75, 3.05) is 0 Å². The molecule has 0 radical (unpaired) electrons. The second kappa shape index (κ2) is 2.86. The topological polar surface area (TPSA) is 49.9 Å². The lowest BCUT2D eigenvalue weighted by atomic mass is 10.1. The highest BCUT2D eigenvalue weighted by Gasteiger charge is 1.98. The number of hydrogen-bond donors (Lipinski definition) is 1. The summed E-state index contributed by atoms with van der Waals surface area (Å²) < 4.78 is 0. The molecular formula is C10H7NO2. The number of pyridine rings is 1. The zero-order valence-electron chi connectivity index (χ0n) is 6.78. The standard InChI is InChI=1S/C10H7NO2/c12-6-8-3-1-2-7-4-5-9(13)11-10(7)8/h1-6H,(H,11,13). The van der Waals surface area contributed by atoms with E-state index in [-0.39, 0.29) is 5.56 Å². The fourth-order valence-electron chi connectivity index (χ4n) is 1.30. The van der Waals surface area contributed by atoms with Crippen LogP contribution in [0, 0.1) is 0 Å². The maximum absolute atomic E-state index is 11.0. The van der Waals surface area contributed by atoms with Crippen LogP contribution in [0.1, 0.15) is 10.4 Å². The summed E-state index contributed by atoms with van der Waals surface area (Å²) in [6.45, 7) is 0. The summed E-state index contributed by atoms with van der Waals surface area (Å²) in [5, 5.41) is 0.865. The van der Waals surface area contributed by atoms with Crippen LogP contribution in [0.2, 0.25) is 0 Å². The summed E-state index contributed by atoms with van der Waals surface area (Å²) in [5.74, 6) is 0. The lowest BCUT2D eigenvalue weighted by Crippen LogP contribution is -2.03. The highest BCUT2D eigenvalue weighted by atomic mass is 16.1. The third-order valence-electron chi connectivity index (χ3n) is 1.92. The number of carbonyl (C=O) groups excluding carboxylic acids is 1. The maximum Gasteiger partial charge on any atom is 0.248 e. The van der Waals surface area contributed by atoms with E-state index in [1.165, 1.54) is 6.07 Å². The lowest BCUT2D eigenvalue weighted by Gasteiger charge is -1.98. The van der Waals surface area contributed by atoms with Crippen LogP contribution in [0.3, 0.4) is 0 Å². The Morgan fingerprint density at radius 1 is 1.15 bits per heavy atom. The lowest BCUT2D eigenvalue weighted by molar-refractivity contribution is 0.112. The third kappa shape index (κ3) is 1.24. The fraction of sp³-hybridized carbons (Fsp3) is 0. The van der Waals surface area contributed by atoms with Crippen molar-refractivity contribution in [3.05, 3.63) is 46.2 Å². The van der Waals surface area contributed by atoms with Crippen LogP contribution in [0.5, 0.6) is 0 Å². The van der Waals surface area contributed by atoms with Gasteiger partial charge in [-0.3, -0.25) is 9.59 Å². The molecule has 1 N–H and O–H groups in total. The number of para-hydroxylation sites is 1. The van der Waals surface area contributed by atoms with Gasteiger partial charge in [0.05, 0.1) is 5.52 Å². The second-order valence-electron chi connectivity index (χ2n) is 2.75. The molecule has 0 atom stereocenters. The molecular weight excluding hydrogens is 166 g/mol. The SMILES string of the molecule is O=Cc1cccc2ccc(=O)[nH]c12. The van der Waals surface area contributed by atoms with Gasteiger partial charge < -0.3 is 4.98 Å². The first kappa shape index (κ1) is 7.73. The van der Waals surface area contributed by atoms with Gasteiger partial charge in [0.1, 0.15) is 0 Å². The minimum absolute atomic E-state index is 0.193. The normalized spacial score (nSPS) is 10.2. The van der Waals surface area contributed by atoms with E-state index < -0.39 is 0 Å². The predicted molar refractivity (Wildman–Crippen MR) is 50.0 cm³/mol. The van der Waals surface area contributed by atoms with E-state index in [1.807, 2.05) is 6.07 Å². The molecule has 0 unspecified atom stereocenters. The van der Waals surface area contributed by atoms with Crippen molar-refractivity contribution in [3.63, 3.8) is 0 Å². The highest BCUT2D eigenvalue weighted by Crippen LogP contribution is 2.12. The summed E-state index contributed by atoms with van der Waals surface area (Å²) in [5.41, 5.74) is 0.919. The average Bonchev–Trinajstić information content (AvgIpc) is 2.17. The van der Waals surface area contributed by atoms with Crippen molar-refractivity contribution < 1.29 is 4.79 Å². The van der Waals surface area contributed by atoms with Gasteiger partial charge in [-0.2, -0.15) is 0 Å². The van der Waals surface area contributed by atoms with Crippen molar-refractivity contribution in [1.82, 2.24) is 4.98 Å². The number of aldehydes is 1. The summed E-state index contributed by atoms with van der Waals surface area (Å²) >= 11 is 0. The molecule has 0 bridgehead atoms. The maximum atomic E-state index is 11.0. The van der Waals surface area contributed by atoms with Crippen LogP contribution < -0.4 is 5.56 Å². The Hall–Kier alpha value is -1.90. The Balaban J connectivity index is 2.95. The summed E-state index contributed by atoms with van der Waals surface area (Å²) in [6, 6.07) is 8.44. The molecule has 0 saturated carbocycles. The molecule has 0 spiro atoms. The van der Waals surface area contributed by atoms with E-state index >= 15 is 0 Å². The van der Waals surface area contributed by atoms with Crippen LogP contribution >= 0.6 is 0 Å². The van der Waals surface area contributed by atoms with Crippen LogP contribution in [-0.2, 0) is 0 Å². The number of hydrogen-bond acceptors (Lipinski definition) is 2. The van der Waals surface area contributed by atoms with Gasteiger partial charge in [0, 0.05) is 11.6 Å². The quantitative estimate of drug-likeness (QED) is 0.661. The van der Waals surface area contributed by atoms with Crippen molar-refractivity contribution in [2.45, 2.75) is 0 Å². The molecule has 0 saturated heterocycles. The van der Waals surface area contributed by atoms with Gasteiger partial charge >= 0.3 is 0 Å². The van der Waals surface area contributed by atoms with Gasteiger partial charge in [-0.15, -0.1) is 0 Å². The van der Waals surface area contributed by atoms with E-state index in [0.29, 0.717) is 11.1 Å². The minimum atomic E-state index is -0.193. The molecule has 3 heteroatoms. The minimum Gasteiger partial charge on any atom is -0.321 e. The highest BCUT2D eigenvalue weighted by molar-refractivity contribution is 5.95. The van der Waals surface area contributed by atoms with Gasteiger partial charge in [0.25, 0.3) is 0 Å². The number of H-pyrrole nitrogens is 1. The van der Waals surface area contributed by atoms with Gasteiger partial charge in [0.2, 0.25) is 5.56 Å². The van der Waals surface area contributed by atoms with Crippen molar-refractivity contribution >= 4 is 17.2 Å². The number of rotatable bonds is 1. The fourth-order valence-corrected chi connectivity index (χ4v) is 1.30. The van der Waals surface area contributed by atoms with E-state index in [9.17, 15) is 9.59 Å². The number of benzene rings is 1. The molecule has 13 heavy (non-hydrogen) atoms. The third-order valence-corrected chi connectivity index (χ3v) is 1.92. The zero-order chi connectivity index (χ0) is 9.26. The van der Waals surface area contributed by atoms with Crippen molar-refractivity contribution in [1.29, 1.82) is 0 Å². The molecule has 0 amide bonds. The smallest absolute Gasteiger partial charge is 0.248 e. The number of nitrogens with one attached hydrogen (secondary N) is 1. The predicted octanol–water partition coefficient (Wildman–Crippen LogP) is 1.34. The molecule has 1 aromatic carbocycles. The monoisotopic (exact) mass is 173 g/mol. The first-order valence-electron chi connectivity index (χ1n) is 3.88. The molecule has 0 aliphatic heterocycles. The van der Waals surface area contributed by atoms with E-state index in [4.69, 9.17) is 0 Å². The number of aromatic nitrogens is 1. The Labute approximate surface area is 74.0 Å². The van der Waals surface area contributed by atoms with Crippen molar-refractivity contribution in [3.8, 4) is 0 Å². The Morgan fingerprint density at radius 3 is 2.77 bits per heavy atom. The first-order chi connectivity index (χ1) is 6.31. The Kier molecular flexibility index (Phi) is 1.70. The van der Waals surface area contributed by atoms with Crippen LogP contribution in [-0.4, -0.2) is 11.3 Å². The summed E-state index contributed by atoms with van der Waals surface area (Å²) in [7, 11) is 0. The van der Waals surface area contributed by atoms with E-state index in [2.05, 4.69) is 4.98 Å². The number of aromatic amines is 1. The van der Waals surface area contributed by atoms with Crippen molar-refractivity contribution in [2.24, 2.45) is 0 Å². The van der Waals surface area contributed by atoms with Crippen LogP contribution in [0.15, 0.2) is 35.1 Å². The second-order valence-corrected chi connectivity index (χ2v) is 2.75. The largest absolute Gasteiger partial charge is 0.321 e. The molecule has 1 heterocycles. The van der Waals surface area contributed by atoms with Gasteiger partial charge in [-0.1, -0.05) is 12.1 Å². The number of fused-ring (bicyclic) bond motifs is 1. The van der Waals surface area contributed by atoms with Crippen LogP contribution in [0.25, 0.3) is 10.9 Å². The molecule has 1 aromatic heterocycles. The molecule has 2 aromatic rings. The van der Waals surface area contributed by atoms with Gasteiger partial charge in [0.15, 0.2) is 6.29 Å². The Bertz CT molecular complexity index is 514. The zero-order valence-corrected chi connectivity index (χ0v) is 6.78. The average molecular weight is 173 g/mol. The molecule has 0 aliphatic rings.